The van der Waals surface area contributed by atoms with E-state index in [1.165, 1.54) is 6.07 Å². The van der Waals surface area contributed by atoms with Gasteiger partial charge in [0.1, 0.15) is 0 Å². The van der Waals surface area contributed by atoms with Crippen molar-refractivity contribution < 1.29 is 23.8 Å². The summed E-state index contributed by atoms with van der Waals surface area (Å²) in [5.74, 6) is 0.102. The van der Waals surface area contributed by atoms with Crippen LogP contribution in [-0.4, -0.2) is 25.3 Å². The van der Waals surface area contributed by atoms with E-state index < -0.39 is 5.97 Å². The van der Waals surface area contributed by atoms with Gasteiger partial charge in [0.15, 0.2) is 18.1 Å². The van der Waals surface area contributed by atoms with Crippen LogP contribution in [-0.2, 0) is 16.1 Å². The van der Waals surface area contributed by atoms with E-state index >= 15 is 0 Å². The van der Waals surface area contributed by atoms with Crippen LogP contribution in [0.4, 0.5) is 0 Å². The molecule has 24 heavy (non-hydrogen) atoms. The average molecular weight is 392 g/mol. The molecule has 0 aromatic heterocycles. The summed E-state index contributed by atoms with van der Waals surface area (Å²) in [4.78, 5) is 23.8. The van der Waals surface area contributed by atoms with E-state index in [0.29, 0.717) is 23.6 Å². The lowest BCUT2D eigenvalue weighted by atomic mass is 10.2. The molecule has 0 bridgehead atoms. The largest absolute Gasteiger partial charge is 0.454 e. The maximum absolute atomic E-state index is 12.0. The number of carbonyl (C=O) groups excluding carboxylic acids is 2. The molecule has 7 heteroatoms. The number of hydrogen-bond donors (Lipinski definition) is 1. The van der Waals surface area contributed by atoms with E-state index in [2.05, 4.69) is 21.2 Å². The predicted octanol–water partition coefficient (Wildman–Crippen LogP) is 2.65. The van der Waals surface area contributed by atoms with Crippen molar-refractivity contribution in [3.63, 3.8) is 0 Å². The topological polar surface area (TPSA) is 73.9 Å². The third-order valence-electron chi connectivity index (χ3n) is 3.38. The van der Waals surface area contributed by atoms with Gasteiger partial charge in [0, 0.05) is 11.0 Å². The first-order chi connectivity index (χ1) is 11.6. The van der Waals surface area contributed by atoms with Crippen molar-refractivity contribution in [1.82, 2.24) is 5.32 Å². The maximum atomic E-state index is 12.0. The molecule has 1 aliphatic rings. The summed E-state index contributed by atoms with van der Waals surface area (Å²) >= 11 is 3.40. The monoisotopic (exact) mass is 391 g/mol. The van der Waals surface area contributed by atoms with Gasteiger partial charge >= 0.3 is 5.97 Å². The van der Waals surface area contributed by atoms with Crippen LogP contribution in [0.2, 0.25) is 0 Å². The molecular weight excluding hydrogens is 378 g/mol. The van der Waals surface area contributed by atoms with E-state index in [9.17, 15) is 9.59 Å². The highest BCUT2D eigenvalue weighted by molar-refractivity contribution is 9.10. The quantitative estimate of drug-likeness (QED) is 0.793. The Labute approximate surface area is 146 Å². The second-order valence-electron chi connectivity index (χ2n) is 5.01. The predicted molar refractivity (Wildman–Crippen MR) is 88.8 cm³/mol. The number of nitrogens with one attached hydrogen (secondary N) is 1. The minimum Gasteiger partial charge on any atom is -0.454 e. The number of amides is 1. The summed E-state index contributed by atoms with van der Waals surface area (Å²) in [5, 5.41) is 2.70. The Balaban J connectivity index is 1.49. The third kappa shape index (κ3) is 3.86. The lowest BCUT2D eigenvalue weighted by molar-refractivity contribution is -0.124. The minimum absolute atomic E-state index is 0.130. The highest BCUT2D eigenvalue weighted by Gasteiger charge is 2.17. The summed E-state index contributed by atoms with van der Waals surface area (Å²) in [6.07, 6.45) is 0. The van der Waals surface area contributed by atoms with Crippen molar-refractivity contribution >= 4 is 27.8 Å². The van der Waals surface area contributed by atoms with E-state index in [1.807, 2.05) is 24.3 Å². The molecule has 1 amide bonds. The molecule has 1 heterocycles. The van der Waals surface area contributed by atoms with E-state index in [0.717, 1.165) is 10.0 Å². The van der Waals surface area contributed by atoms with Crippen molar-refractivity contribution in [2.45, 2.75) is 6.54 Å². The molecule has 124 valence electrons. The molecular formula is C17H14BrNO5. The lowest BCUT2D eigenvalue weighted by Crippen LogP contribution is -2.28. The number of halogens is 1. The first-order valence-corrected chi connectivity index (χ1v) is 7.99. The second-order valence-corrected chi connectivity index (χ2v) is 5.87. The number of rotatable bonds is 5. The van der Waals surface area contributed by atoms with Crippen LogP contribution in [0.3, 0.4) is 0 Å². The first-order valence-electron chi connectivity index (χ1n) is 7.20. The van der Waals surface area contributed by atoms with Crippen molar-refractivity contribution in [3.8, 4) is 11.5 Å². The Hall–Kier alpha value is -2.54. The summed E-state index contributed by atoms with van der Waals surface area (Å²) < 4.78 is 16.3. The molecule has 2 aromatic carbocycles. The lowest BCUT2D eigenvalue weighted by Gasteiger charge is -2.08. The van der Waals surface area contributed by atoms with Crippen LogP contribution in [0.15, 0.2) is 46.9 Å². The SMILES string of the molecule is O=C(COC(=O)c1ccc2c(c1)OCO2)NCc1ccccc1Br. The zero-order chi connectivity index (χ0) is 16.9. The summed E-state index contributed by atoms with van der Waals surface area (Å²) in [6, 6.07) is 12.3. The molecule has 1 N–H and O–H groups in total. The van der Waals surface area contributed by atoms with Crippen LogP contribution in [0.1, 0.15) is 15.9 Å². The molecule has 0 unspecified atom stereocenters. The number of esters is 1. The van der Waals surface area contributed by atoms with E-state index in [1.54, 1.807) is 12.1 Å². The molecule has 0 radical (unpaired) electrons. The molecule has 0 atom stereocenters. The second kappa shape index (κ2) is 7.35. The van der Waals surface area contributed by atoms with Crippen LogP contribution in [0.5, 0.6) is 11.5 Å². The maximum Gasteiger partial charge on any atom is 0.338 e. The van der Waals surface area contributed by atoms with Crippen LogP contribution < -0.4 is 14.8 Å². The van der Waals surface area contributed by atoms with Crippen LogP contribution in [0, 0.1) is 0 Å². The van der Waals surface area contributed by atoms with Crippen molar-refractivity contribution in [1.29, 1.82) is 0 Å². The smallest absolute Gasteiger partial charge is 0.338 e. The van der Waals surface area contributed by atoms with Crippen molar-refractivity contribution in [2.75, 3.05) is 13.4 Å². The van der Waals surface area contributed by atoms with Gasteiger partial charge in [-0.3, -0.25) is 4.79 Å². The van der Waals surface area contributed by atoms with Crippen molar-refractivity contribution in [2.24, 2.45) is 0 Å². The molecule has 6 nitrogen and oxygen atoms in total. The zero-order valence-corrected chi connectivity index (χ0v) is 14.2. The fourth-order valence-corrected chi connectivity index (χ4v) is 2.55. The first kappa shape index (κ1) is 16.3. The van der Waals surface area contributed by atoms with Gasteiger partial charge in [0.25, 0.3) is 5.91 Å². The molecule has 0 spiro atoms. The number of benzene rings is 2. The van der Waals surface area contributed by atoms with Crippen LogP contribution >= 0.6 is 15.9 Å². The molecule has 2 aromatic rings. The normalized spacial score (nSPS) is 11.9. The minimum atomic E-state index is -0.593. The molecule has 0 saturated heterocycles. The van der Waals surface area contributed by atoms with Gasteiger partial charge in [-0.1, -0.05) is 34.1 Å². The Morgan fingerprint density at radius 1 is 1.12 bits per heavy atom. The molecule has 0 aliphatic carbocycles. The Morgan fingerprint density at radius 2 is 1.92 bits per heavy atom. The third-order valence-corrected chi connectivity index (χ3v) is 4.15. The number of ether oxygens (including phenoxy) is 3. The van der Waals surface area contributed by atoms with Gasteiger partial charge in [-0.15, -0.1) is 0 Å². The van der Waals surface area contributed by atoms with Gasteiger partial charge in [0.05, 0.1) is 5.56 Å². The average Bonchev–Trinajstić information content (AvgIpc) is 3.06. The highest BCUT2D eigenvalue weighted by atomic mass is 79.9. The summed E-state index contributed by atoms with van der Waals surface area (Å²) in [5.41, 5.74) is 1.24. The van der Waals surface area contributed by atoms with E-state index in [-0.39, 0.29) is 19.3 Å². The Bertz CT molecular complexity index is 777. The zero-order valence-electron chi connectivity index (χ0n) is 12.6. The van der Waals surface area contributed by atoms with Gasteiger partial charge in [-0.2, -0.15) is 0 Å². The Morgan fingerprint density at radius 3 is 2.75 bits per heavy atom. The summed E-state index contributed by atoms with van der Waals surface area (Å²) in [7, 11) is 0. The summed E-state index contributed by atoms with van der Waals surface area (Å²) in [6.45, 7) is 0.130. The van der Waals surface area contributed by atoms with Gasteiger partial charge in [0.2, 0.25) is 6.79 Å². The standard InChI is InChI=1S/C17H14BrNO5/c18-13-4-2-1-3-12(13)8-19-16(20)9-22-17(21)11-5-6-14-15(7-11)24-10-23-14/h1-7H,8-10H2,(H,19,20). The van der Waals surface area contributed by atoms with E-state index in [4.69, 9.17) is 14.2 Å². The molecule has 3 rings (SSSR count). The molecule has 0 fully saturated rings. The van der Waals surface area contributed by atoms with Gasteiger partial charge < -0.3 is 19.5 Å². The number of carbonyl (C=O) groups is 2. The Kier molecular flexibility index (Phi) is 5.00. The van der Waals surface area contributed by atoms with Gasteiger partial charge in [-0.25, -0.2) is 4.79 Å². The number of fused-ring (bicyclic) bond motifs is 1. The highest BCUT2D eigenvalue weighted by Crippen LogP contribution is 2.32. The molecule has 0 saturated carbocycles. The molecule has 1 aliphatic heterocycles. The van der Waals surface area contributed by atoms with Crippen LogP contribution in [0.25, 0.3) is 0 Å². The van der Waals surface area contributed by atoms with Gasteiger partial charge in [-0.05, 0) is 29.8 Å². The fourth-order valence-electron chi connectivity index (χ4n) is 2.12. The fraction of sp³-hybridized carbons (Fsp3) is 0.176. The van der Waals surface area contributed by atoms with Crippen molar-refractivity contribution in [3.05, 3.63) is 58.1 Å². The number of hydrogen-bond acceptors (Lipinski definition) is 5.